The molecule has 3 aromatic heterocycles. The SMILES string of the molecule is O=C(O)CSc1nc2cnccc2n1Cc1cccnn1. The van der Waals surface area contributed by atoms with E-state index in [4.69, 9.17) is 5.11 Å². The van der Waals surface area contributed by atoms with Crippen LogP contribution < -0.4 is 0 Å². The van der Waals surface area contributed by atoms with Crippen LogP contribution in [0.25, 0.3) is 11.0 Å². The number of thioether (sulfide) groups is 1. The Bertz CT molecular complexity index is 775. The minimum atomic E-state index is -0.878. The van der Waals surface area contributed by atoms with Gasteiger partial charge in [-0.25, -0.2) is 4.98 Å². The van der Waals surface area contributed by atoms with Gasteiger partial charge in [0.05, 0.1) is 29.7 Å². The van der Waals surface area contributed by atoms with Crippen molar-refractivity contribution in [3.8, 4) is 0 Å². The van der Waals surface area contributed by atoms with Crippen LogP contribution in [0, 0.1) is 0 Å². The van der Waals surface area contributed by atoms with Gasteiger partial charge in [-0.3, -0.25) is 9.78 Å². The van der Waals surface area contributed by atoms with Crippen molar-refractivity contribution in [1.29, 1.82) is 0 Å². The van der Waals surface area contributed by atoms with Crippen molar-refractivity contribution in [2.45, 2.75) is 11.7 Å². The van der Waals surface area contributed by atoms with Gasteiger partial charge in [0.1, 0.15) is 5.52 Å². The molecule has 8 heteroatoms. The molecule has 0 amide bonds. The molecule has 0 saturated carbocycles. The molecule has 1 N–H and O–H groups in total. The fourth-order valence-corrected chi connectivity index (χ4v) is 2.66. The summed E-state index contributed by atoms with van der Waals surface area (Å²) < 4.78 is 1.93. The predicted molar refractivity (Wildman–Crippen MR) is 77.0 cm³/mol. The fourth-order valence-electron chi connectivity index (χ4n) is 1.93. The number of hydrogen-bond donors (Lipinski definition) is 1. The number of aromatic nitrogens is 5. The number of fused-ring (bicyclic) bond motifs is 1. The number of carbonyl (C=O) groups is 1. The van der Waals surface area contributed by atoms with Crippen LogP contribution in [-0.2, 0) is 11.3 Å². The third-order valence-corrected chi connectivity index (χ3v) is 3.75. The molecular weight excluding hydrogens is 290 g/mol. The monoisotopic (exact) mass is 301 g/mol. The molecular formula is C13H11N5O2S. The van der Waals surface area contributed by atoms with Gasteiger partial charge in [-0.1, -0.05) is 11.8 Å². The Balaban J connectivity index is 2.00. The Morgan fingerprint density at radius 2 is 2.24 bits per heavy atom. The lowest BCUT2D eigenvalue weighted by Crippen LogP contribution is -2.06. The highest BCUT2D eigenvalue weighted by Gasteiger charge is 2.13. The summed E-state index contributed by atoms with van der Waals surface area (Å²) in [4.78, 5) is 19.2. The predicted octanol–water partition coefficient (Wildman–Crippen LogP) is 1.45. The van der Waals surface area contributed by atoms with Gasteiger partial charge in [-0.2, -0.15) is 10.2 Å². The van der Waals surface area contributed by atoms with Gasteiger partial charge in [0.2, 0.25) is 0 Å². The number of aliphatic carboxylic acids is 1. The van der Waals surface area contributed by atoms with E-state index in [1.807, 2.05) is 22.8 Å². The molecule has 0 atom stereocenters. The van der Waals surface area contributed by atoms with E-state index in [1.54, 1.807) is 18.6 Å². The van der Waals surface area contributed by atoms with Gasteiger partial charge >= 0.3 is 5.97 Å². The molecule has 0 aliphatic heterocycles. The van der Waals surface area contributed by atoms with Crippen molar-refractivity contribution in [3.05, 3.63) is 42.5 Å². The van der Waals surface area contributed by atoms with Crippen molar-refractivity contribution in [3.63, 3.8) is 0 Å². The van der Waals surface area contributed by atoms with E-state index in [0.29, 0.717) is 11.7 Å². The van der Waals surface area contributed by atoms with E-state index in [0.717, 1.165) is 16.7 Å². The number of pyridine rings is 1. The van der Waals surface area contributed by atoms with Crippen LogP contribution in [0.1, 0.15) is 5.69 Å². The summed E-state index contributed by atoms with van der Waals surface area (Å²) in [7, 11) is 0. The number of rotatable bonds is 5. The van der Waals surface area contributed by atoms with Crippen molar-refractivity contribution in [2.24, 2.45) is 0 Å². The van der Waals surface area contributed by atoms with Crippen LogP contribution >= 0.6 is 11.8 Å². The molecule has 7 nitrogen and oxygen atoms in total. The second kappa shape index (κ2) is 5.88. The number of imidazole rings is 1. The largest absolute Gasteiger partial charge is 0.481 e. The zero-order valence-electron chi connectivity index (χ0n) is 10.9. The number of nitrogens with zero attached hydrogens (tertiary/aromatic N) is 5. The summed E-state index contributed by atoms with van der Waals surface area (Å²) in [5.41, 5.74) is 2.41. The molecule has 0 fully saturated rings. The summed E-state index contributed by atoms with van der Waals surface area (Å²) >= 11 is 1.18. The summed E-state index contributed by atoms with van der Waals surface area (Å²) in [5.74, 6) is -0.923. The van der Waals surface area contributed by atoms with E-state index >= 15 is 0 Å². The summed E-state index contributed by atoms with van der Waals surface area (Å²) in [6.45, 7) is 0.482. The van der Waals surface area contributed by atoms with Crippen LogP contribution in [-0.4, -0.2) is 41.6 Å². The molecule has 0 aliphatic carbocycles. The molecule has 0 aromatic carbocycles. The van der Waals surface area contributed by atoms with Gasteiger partial charge in [0.25, 0.3) is 0 Å². The lowest BCUT2D eigenvalue weighted by molar-refractivity contribution is -0.133. The highest BCUT2D eigenvalue weighted by atomic mass is 32.2. The zero-order chi connectivity index (χ0) is 14.7. The van der Waals surface area contributed by atoms with E-state index in [2.05, 4.69) is 20.2 Å². The molecule has 106 valence electrons. The topological polar surface area (TPSA) is 93.8 Å². The van der Waals surface area contributed by atoms with E-state index in [1.165, 1.54) is 11.8 Å². The van der Waals surface area contributed by atoms with Crippen LogP contribution in [0.4, 0.5) is 0 Å². The Morgan fingerprint density at radius 3 is 3.00 bits per heavy atom. The minimum absolute atomic E-state index is 0.0444. The minimum Gasteiger partial charge on any atom is -0.481 e. The number of carboxylic acids is 1. The third-order valence-electron chi connectivity index (χ3n) is 2.79. The molecule has 0 unspecified atom stereocenters. The first-order valence-corrected chi connectivity index (χ1v) is 7.14. The average Bonchev–Trinajstić information content (AvgIpc) is 2.84. The van der Waals surface area contributed by atoms with Crippen molar-refractivity contribution >= 4 is 28.8 Å². The molecule has 0 radical (unpaired) electrons. The van der Waals surface area contributed by atoms with Crippen molar-refractivity contribution in [2.75, 3.05) is 5.75 Å². The molecule has 21 heavy (non-hydrogen) atoms. The third kappa shape index (κ3) is 3.00. The number of carboxylic acid groups (broad SMARTS) is 1. The maximum atomic E-state index is 10.8. The molecule has 0 saturated heterocycles. The maximum Gasteiger partial charge on any atom is 0.313 e. The Hall–Kier alpha value is -2.48. The molecule has 0 bridgehead atoms. The van der Waals surface area contributed by atoms with E-state index < -0.39 is 5.97 Å². The smallest absolute Gasteiger partial charge is 0.313 e. The second-order valence-electron chi connectivity index (χ2n) is 4.24. The van der Waals surface area contributed by atoms with Gasteiger partial charge in [0, 0.05) is 12.4 Å². The van der Waals surface area contributed by atoms with Crippen LogP contribution in [0.3, 0.4) is 0 Å². The molecule has 0 aliphatic rings. The van der Waals surface area contributed by atoms with Crippen LogP contribution in [0.5, 0.6) is 0 Å². The highest BCUT2D eigenvalue weighted by molar-refractivity contribution is 7.99. The first kappa shape index (κ1) is 13.5. The average molecular weight is 301 g/mol. The van der Waals surface area contributed by atoms with Gasteiger partial charge < -0.3 is 9.67 Å². The van der Waals surface area contributed by atoms with E-state index in [-0.39, 0.29) is 5.75 Å². The number of hydrogen-bond acceptors (Lipinski definition) is 6. The first-order valence-electron chi connectivity index (χ1n) is 6.15. The van der Waals surface area contributed by atoms with Gasteiger partial charge in [0.15, 0.2) is 5.16 Å². The maximum absolute atomic E-state index is 10.8. The van der Waals surface area contributed by atoms with E-state index in [9.17, 15) is 4.79 Å². The highest BCUT2D eigenvalue weighted by Crippen LogP contribution is 2.24. The quantitative estimate of drug-likeness (QED) is 0.713. The Kier molecular flexibility index (Phi) is 3.78. The normalized spacial score (nSPS) is 10.9. The fraction of sp³-hybridized carbons (Fsp3) is 0.154. The lowest BCUT2D eigenvalue weighted by Gasteiger charge is -2.07. The standard InChI is InChI=1S/C13H11N5O2S/c19-12(20)8-21-13-16-10-6-14-5-3-11(10)18(13)7-9-2-1-4-15-17-9/h1-6H,7-8H2,(H,19,20). The molecule has 0 spiro atoms. The Morgan fingerprint density at radius 1 is 1.33 bits per heavy atom. The Labute approximate surface area is 124 Å². The molecule has 3 aromatic rings. The first-order chi connectivity index (χ1) is 10.2. The van der Waals surface area contributed by atoms with Crippen molar-refractivity contribution < 1.29 is 9.90 Å². The van der Waals surface area contributed by atoms with Gasteiger partial charge in [-0.15, -0.1) is 0 Å². The van der Waals surface area contributed by atoms with Gasteiger partial charge in [-0.05, 0) is 18.2 Å². The zero-order valence-corrected chi connectivity index (χ0v) is 11.7. The second-order valence-corrected chi connectivity index (χ2v) is 5.18. The summed E-state index contributed by atoms with van der Waals surface area (Å²) in [5, 5.41) is 17.4. The van der Waals surface area contributed by atoms with Crippen molar-refractivity contribution in [1.82, 2.24) is 24.7 Å². The summed E-state index contributed by atoms with van der Waals surface area (Å²) in [6, 6.07) is 5.53. The van der Waals surface area contributed by atoms with Crippen LogP contribution in [0.15, 0.2) is 41.9 Å². The molecule has 3 rings (SSSR count). The van der Waals surface area contributed by atoms with Crippen LogP contribution in [0.2, 0.25) is 0 Å². The molecule has 3 heterocycles. The lowest BCUT2D eigenvalue weighted by atomic mass is 10.3. The summed E-state index contributed by atoms with van der Waals surface area (Å²) in [6.07, 6.45) is 4.95.